The predicted molar refractivity (Wildman–Crippen MR) is 137 cm³/mol. The van der Waals surface area contributed by atoms with Crippen molar-refractivity contribution in [3.8, 4) is 22.6 Å². The maximum Gasteiger partial charge on any atom is 0.263 e. The number of nitrogens with one attached hydrogen (secondary N) is 1. The summed E-state index contributed by atoms with van der Waals surface area (Å²) in [5.74, 6) is 0.631. The molecule has 0 bridgehead atoms. The number of thiophene rings is 1. The number of hydrogen-bond acceptors (Lipinski definition) is 7. The minimum absolute atomic E-state index is 0.210. The van der Waals surface area contributed by atoms with E-state index in [9.17, 15) is 9.59 Å². The number of carbonyl (C=O) groups is 1. The van der Waals surface area contributed by atoms with Crippen LogP contribution in [-0.2, 0) is 11.3 Å². The normalized spacial score (nSPS) is 11.2. The highest BCUT2D eigenvalue weighted by atomic mass is 79.9. The highest BCUT2D eigenvalue weighted by Gasteiger charge is 2.15. The van der Waals surface area contributed by atoms with Gasteiger partial charge in [-0.15, -0.1) is 11.3 Å². The van der Waals surface area contributed by atoms with E-state index in [4.69, 9.17) is 9.47 Å². The minimum atomic E-state index is -0.453. The number of benzene rings is 2. The Morgan fingerprint density at radius 1 is 1.24 bits per heavy atom. The zero-order chi connectivity index (χ0) is 24.2. The van der Waals surface area contributed by atoms with Gasteiger partial charge in [0.25, 0.3) is 11.5 Å². The van der Waals surface area contributed by atoms with Crippen molar-refractivity contribution in [3.05, 3.63) is 74.1 Å². The van der Waals surface area contributed by atoms with E-state index < -0.39 is 5.91 Å². The number of methoxy groups -OCH3 is 2. The number of rotatable bonds is 7. The molecule has 174 valence electrons. The number of hydrazone groups is 1. The van der Waals surface area contributed by atoms with Crippen LogP contribution in [0.5, 0.6) is 11.5 Å². The van der Waals surface area contributed by atoms with E-state index in [0.717, 1.165) is 16.7 Å². The first-order valence-corrected chi connectivity index (χ1v) is 11.9. The molecule has 0 fully saturated rings. The molecule has 4 rings (SSSR count). The highest BCUT2D eigenvalue weighted by Crippen LogP contribution is 2.35. The Hall–Kier alpha value is -3.50. The fourth-order valence-corrected chi connectivity index (χ4v) is 4.94. The molecule has 0 unspecified atom stereocenters. The van der Waals surface area contributed by atoms with Gasteiger partial charge >= 0.3 is 0 Å². The van der Waals surface area contributed by atoms with Crippen molar-refractivity contribution in [1.82, 2.24) is 15.0 Å². The van der Waals surface area contributed by atoms with Crippen LogP contribution in [0.2, 0.25) is 0 Å². The first-order valence-electron chi connectivity index (χ1n) is 10.2. The van der Waals surface area contributed by atoms with Gasteiger partial charge in [0.2, 0.25) is 0 Å². The lowest BCUT2D eigenvalue weighted by Crippen LogP contribution is -2.30. The van der Waals surface area contributed by atoms with Crippen LogP contribution in [0.4, 0.5) is 0 Å². The summed E-state index contributed by atoms with van der Waals surface area (Å²) in [4.78, 5) is 30.6. The van der Waals surface area contributed by atoms with Crippen molar-refractivity contribution in [2.45, 2.75) is 13.5 Å². The van der Waals surface area contributed by atoms with Crippen LogP contribution in [0.1, 0.15) is 11.1 Å². The quantitative estimate of drug-likeness (QED) is 0.277. The lowest BCUT2D eigenvalue weighted by Gasteiger charge is -2.10. The molecule has 0 saturated carbocycles. The smallest absolute Gasteiger partial charge is 0.263 e. The van der Waals surface area contributed by atoms with Crippen molar-refractivity contribution in [2.24, 2.45) is 5.10 Å². The number of aromatic nitrogens is 2. The molecule has 2 aromatic carbocycles. The molecule has 1 amide bonds. The highest BCUT2D eigenvalue weighted by molar-refractivity contribution is 9.10. The van der Waals surface area contributed by atoms with Gasteiger partial charge in [0, 0.05) is 10.9 Å². The van der Waals surface area contributed by atoms with E-state index in [1.807, 2.05) is 36.6 Å². The molecule has 2 aromatic heterocycles. The molecule has 0 saturated heterocycles. The maximum atomic E-state index is 13.1. The molecule has 0 aliphatic rings. The molecule has 10 heteroatoms. The molecular weight excluding hydrogens is 520 g/mol. The van der Waals surface area contributed by atoms with Crippen molar-refractivity contribution in [1.29, 1.82) is 0 Å². The van der Waals surface area contributed by atoms with E-state index >= 15 is 0 Å². The fourth-order valence-electron chi connectivity index (χ4n) is 3.41. The number of halogens is 1. The first-order chi connectivity index (χ1) is 16.4. The summed E-state index contributed by atoms with van der Waals surface area (Å²) in [6.45, 7) is 1.80. The molecule has 8 nitrogen and oxygen atoms in total. The number of ether oxygens (including phenoxy) is 2. The summed E-state index contributed by atoms with van der Waals surface area (Å²) in [6, 6.07) is 11.4. The average Bonchev–Trinajstić information content (AvgIpc) is 3.26. The van der Waals surface area contributed by atoms with Gasteiger partial charge < -0.3 is 9.47 Å². The molecule has 0 atom stereocenters. The minimum Gasteiger partial charge on any atom is -0.493 e. The van der Waals surface area contributed by atoms with Crippen LogP contribution in [0.25, 0.3) is 21.3 Å². The molecule has 1 N–H and O–H groups in total. The van der Waals surface area contributed by atoms with Crippen LogP contribution in [0.15, 0.2) is 62.5 Å². The topological polar surface area (TPSA) is 94.8 Å². The summed E-state index contributed by atoms with van der Waals surface area (Å²) in [5, 5.41) is 6.41. The Balaban J connectivity index is 1.52. The first kappa shape index (κ1) is 23.7. The Kier molecular flexibility index (Phi) is 7.09. The van der Waals surface area contributed by atoms with Crippen LogP contribution in [0.3, 0.4) is 0 Å². The average molecular weight is 541 g/mol. The zero-order valence-corrected chi connectivity index (χ0v) is 21.1. The van der Waals surface area contributed by atoms with Gasteiger partial charge in [-0.25, -0.2) is 10.4 Å². The number of hydrogen-bond donors (Lipinski definition) is 1. The van der Waals surface area contributed by atoms with E-state index in [0.29, 0.717) is 31.8 Å². The van der Waals surface area contributed by atoms with Gasteiger partial charge in [-0.05, 0) is 46.1 Å². The van der Waals surface area contributed by atoms with Gasteiger partial charge in [-0.2, -0.15) is 5.10 Å². The summed E-state index contributed by atoms with van der Waals surface area (Å²) in [7, 11) is 3.08. The van der Waals surface area contributed by atoms with Gasteiger partial charge in [-0.3, -0.25) is 14.2 Å². The largest absolute Gasteiger partial charge is 0.493 e. The SMILES string of the molecule is COc1cc(C=NNC(=O)Cn2cnc3scc(-c4ccc(C)cc4)c3c2=O)cc(Br)c1OC. The fraction of sp³-hybridized carbons (Fsp3) is 0.167. The lowest BCUT2D eigenvalue weighted by molar-refractivity contribution is -0.121. The summed E-state index contributed by atoms with van der Waals surface area (Å²) in [5.41, 5.74) is 5.74. The third-order valence-electron chi connectivity index (χ3n) is 5.10. The monoisotopic (exact) mass is 540 g/mol. The van der Waals surface area contributed by atoms with Gasteiger partial charge in [0.1, 0.15) is 11.4 Å². The lowest BCUT2D eigenvalue weighted by atomic mass is 10.1. The summed E-state index contributed by atoms with van der Waals surface area (Å²) >= 11 is 4.82. The van der Waals surface area contributed by atoms with Gasteiger partial charge in [-0.1, -0.05) is 29.8 Å². The van der Waals surface area contributed by atoms with E-state index in [2.05, 4.69) is 31.4 Å². The van der Waals surface area contributed by atoms with Crippen LogP contribution in [-0.4, -0.2) is 35.9 Å². The van der Waals surface area contributed by atoms with Crippen molar-refractivity contribution >= 4 is 49.6 Å². The number of carbonyl (C=O) groups excluding carboxylic acids is 1. The summed E-state index contributed by atoms with van der Waals surface area (Å²) in [6.07, 6.45) is 2.86. The third-order valence-corrected chi connectivity index (χ3v) is 6.57. The Labute approximate surface area is 208 Å². The second kappa shape index (κ2) is 10.2. The Morgan fingerprint density at radius 2 is 2.00 bits per heavy atom. The van der Waals surface area contributed by atoms with Crippen molar-refractivity contribution < 1.29 is 14.3 Å². The maximum absolute atomic E-state index is 13.1. The van der Waals surface area contributed by atoms with E-state index in [1.165, 1.54) is 35.6 Å². The molecule has 0 radical (unpaired) electrons. The molecule has 34 heavy (non-hydrogen) atoms. The van der Waals surface area contributed by atoms with Crippen LogP contribution in [0, 0.1) is 6.92 Å². The number of amides is 1. The van der Waals surface area contributed by atoms with Gasteiger partial charge in [0.15, 0.2) is 11.5 Å². The van der Waals surface area contributed by atoms with Gasteiger partial charge in [0.05, 0.1) is 36.6 Å². The summed E-state index contributed by atoms with van der Waals surface area (Å²) < 4.78 is 12.6. The second-order valence-corrected chi connectivity index (χ2v) is 9.12. The van der Waals surface area contributed by atoms with Crippen molar-refractivity contribution in [3.63, 3.8) is 0 Å². The predicted octanol–water partition coefficient (Wildman–Crippen LogP) is 4.36. The zero-order valence-electron chi connectivity index (χ0n) is 18.7. The molecular formula is C24H21BrN4O4S. The van der Waals surface area contributed by atoms with E-state index in [-0.39, 0.29) is 12.1 Å². The number of aryl methyl sites for hydroxylation is 1. The molecule has 4 aromatic rings. The molecule has 2 heterocycles. The third kappa shape index (κ3) is 4.87. The van der Waals surface area contributed by atoms with Crippen molar-refractivity contribution in [2.75, 3.05) is 14.2 Å². The Morgan fingerprint density at radius 3 is 2.71 bits per heavy atom. The van der Waals surface area contributed by atoms with E-state index in [1.54, 1.807) is 19.2 Å². The Bertz CT molecular complexity index is 1440. The second-order valence-electron chi connectivity index (χ2n) is 7.40. The molecule has 0 aliphatic heterocycles. The molecule has 0 aliphatic carbocycles. The van der Waals surface area contributed by atoms with Crippen LogP contribution >= 0.6 is 27.3 Å². The molecule has 0 spiro atoms. The number of fused-ring (bicyclic) bond motifs is 1. The van der Waals surface area contributed by atoms with Crippen LogP contribution < -0.4 is 20.5 Å². The standard InChI is InChI=1S/C24H21BrN4O4S/c1-14-4-6-16(7-5-14)17-12-34-23-21(17)24(31)29(13-26-23)11-20(30)28-27-10-15-8-18(25)22(33-3)19(9-15)32-2/h4-10,12-13H,11H2,1-3H3,(H,28,30). The number of nitrogens with zero attached hydrogens (tertiary/aromatic N) is 3.